The molecule has 8 heteroatoms. The zero-order valence-corrected chi connectivity index (χ0v) is 19.4. The van der Waals surface area contributed by atoms with Gasteiger partial charge in [0.1, 0.15) is 0 Å². The van der Waals surface area contributed by atoms with Gasteiger partial charge in [0.2, 0.25) is 16.9 Å². The van der Waals surface area contributed by atoms with Crippen molar-refractivity contribution >= 4 is 51.8 Å². The third-order valence-corrected chi connectivity index (χ3v) is 6.46. The molecule has 6 nitrogen and oxygen atoms in total. The summed E-state index contributed by atoms with van der Waals surface area (Å²) < 4.78 is 0.613. The standard InChI is InChI=1S/C23H24N4O2S2/c1-14-12-15(2)20(16(3)13-14)25-21(29)17(4)30-23-27-26-22(31-23)24-19(28)11-10-18-8-6-5-7-9-18/h5-13,17H,1-4H3,(H,25,29)(H,24,26,28)/b11-10+/t17-/m0/s1. The predicted molar refractivity (Wildman–Crippen MR) is 129 cm³/mol. The number of hydrogen-bond donors (Lipinski definition) is 2. The number of anilines is 2. The van der Waals surface area contributed by atoms with Crippen molar-refractivity contribution < 1.29 is 9.59 Å². The van der Waals surface area contributed by atoms with E-state index in [1.54, 1.807) is 6.08 Å². The Bertz CT molecular complexity index is 1090. The van der Waals surface area contributed by atoms with Crippen LogP contribution in [0.2, 0.25) is 0 Å². The lowest BCUT2D eigenvalue weighted by atomic mass is 10.1. The second-order valence-corrected chi connectivity index (χ2v) is 9.69. The Labute approximate surface area is 190 Å². The van der Waals surface area contributed by atoms with Crippen LogP contribution >= 0.6 is 23.1 Å². The fourth-order valence-corrected chi connectivity index (χ4v) is 4.90. The van der Waals surface area contributed by atoms with Crippen LogP contribution < -0.4 is 10.6 Å². The van der Waals surface area contributed by atoms with Crippen LogP contribution in [0.5, 0.6) is 0 Å². The van der Waals surface area contributed by atoms with E-state index in [2.05, 4.69) is 20.8 Å². The molecule has 1 aromatic heterocycles. The number of carbonyl (C=O) groups is 2. The highest BCUT2D eigenvalue weighted by Crippen LogP contribution is 2.30. The van der Waals surface area contributed by atoms with E-state index in [0.717, 1.165) is 27.9 Å². The molecule has 3 rings (SSSR count). The van der Waals surface area contributed by atoms with Gasteiger partial charge in [-0.1, -0.05) is 71.1 Å². The SMILES string of the molecule is Cc1cc(C)c(NC(=O)[C@H](C)Sc2nnc(NC(=O)/C=C/c3ccccc3)s2)c(C)c1. The molecule has 2 aromatic carbocycles. The molecule has 160 valence electrons. The molecule has 0 bridgehead atoms. The van der Waals surface area contributed by atoms with E-state index in [1.165, 1.54) is 29.2 Å². The van der Waals surface area contributed by atoms with E-state index >= 15 is 0 Å². The van der Waals surface area contributed by atoms with E-state index in [-0.39, 0.29) is 17.1 Å². The van der Waals surface area contributed by atoms with Crippen LogP contribution in [0.3, 0.4) is 0 Å². The van der Waals surface area contributed by atoms with E-state index < -0.39 is 0 Å². The highest BCUT2D eigenvalue weighted by molar-refractivity contribution is 8.02. The second kappa shape index (κ2) is 10.4. The summed E-state index contributed by atoms with van der Waals surface area (Å²) in [6, 6.07) is 13.7. The number of amides is 2. The minimum Gasteiger partial charge on any atom is -0.325 e. The number of aryl methyl sites for hydroxylation is 3. The van der Waals surface area contributed by atoms with Gasteiger partial charge >= 0.3 is 0 Å². The summed E-state index contributed by atoms with van der Waals surface area (Å²) >= 11 is 2.55. The fraction of sp³-hybridized carbons (Fsp3) is 0.217. The second-order valence-electron chi connectivity index (χ2n) is 7.13. The molecule has 0 spiro atoms. The number of thioether (sulfide) groups is 1. The van der Waals surface area contributed by atoms with E-state index in [4.69, 9.17) is 0 Å². The van der Waals surface area contributed by atoms with Crippen molar-refractivity contribution in [2.24, 2.45) is 0 Å². The van der Waals surface area contributed by atoms with Crippen LogP contribution in [0.4, 0.5) is 10.8 Å². The lowest BCUT2D eigenvalue weighted by Crippen LogP contribution is -2.23. The zero-order valence-electron chi connectivity index (χ0n) is 17.8. The van der Waals surface area contributed by atoms with Gasteiger partial charge in [-0.2, -0.15) is 0 Å². The van der Waals surface area contributed by atoms with E-state index in [0.29, 0.717) is 9.47 Å². The summed E-state index contributed by atoms with van der Waals surface area (Å²) in [5.74, 6) is -0.390. The summed E-state index contributed by atoms with van der Waals surface area (Å²) in [6.07, 6.45) is 3.18. The summed E-state index contributed by atoms with van der Waals surface area (Å²) in [7, 11) is 0. The fourth-order valence-electron chi connectivity index (χ4n) is 3.00. The van der Waals surface area contributed by atoms with Crippen LogP contribution in [0, 0.1) is 20.8 Å². The van der Waals surface area contributed by atoms with Gasteiger partial charge < -0.3 is 5.32 Å². The largest absolute Gasteiger partial charge is 0.325 e. The normalized spacial score (nSPS) is 12.0. The van der Waals surface area contributed by atoms with Crippen molar-refractivity contribution in [2.45, 2.75) is 37.3 Å². The van der Waals surface area contributed by atoms with Crippen molar-refractivity contribution in [1.82, 2.24) is 10.2 Å². The monoisotopic (exact) mass is 452 g/mol. The molecule has 2 amide bonds. The maximum absolute atomic E-state index is 12.7. The molecular formula is C23H24N4O2S2. The number of hydrogen-bond acceptors (Lipinski definition) is 6. The lowest BCUT2D eigenvalue weighted by Gasteiger charge is -2.15. The molecule has 0 saturated heterocycles. The van der Waals surface area contributed by atoms with Gasteiger partial charge in [-0.3, -0.25) is 14.9 Å². The van der Waals surface area contributed by atoms with Gasteiger partial charge in [0, 0.05) is 11.8 Å². The number of nitrogens with one attached hydrogen (secondary N) is 2. The molecule has 0 unspecified atom stereocenters. The molecule has 0 radical (unpaired) electrons. The highest BCUT2D eigenvalue weighted by atomic mass is 32.2. The van der Waals surface area contributed by atoms with Gasteiger partial charge in [-0.15, -0.1) is 10.2 Å². The molecule has 0 saturated carbocycles. The average molecular weight is 453 g/mol. The number of nitrogens with zero attached hydrogens (tertiary/aromatic N) is 2. The Hall–Kier alpha value is -2.97. The third kappa shape index (κ3) is 6.50. The quantitative estimate of drug-likeness (QED) is 0.291. The molecular weight excluding hydrogens is 428 g/mol. The molecule has 1 heterocycles. The maximum atomic E-state index is 12.7. The lowest BCUT2D eigenvalue weighted by molar-refractivity contribution is -0.115. The van der Waals surface area contributed by atoms with Crippen LogP contribution in [0.15, 0.2) is 52.9 Å². The van der Waals surface area contributed by atoms with Crippen molar-refractivity contribution in [2.75, 3.05) is 10.6 Å². The van der Waals surface area contributed by atoms with Crippen LogP contribution in [-0.4, -0.2) is 27.3 Å². The third-order valence-electron chi connectivity index (χ3n) is 4.44. The molecule has 3 aromatic rings. The molecule has 2 N–H and O–H groups in total. The summed E-state index contributed by atoms with van der Waals surface area (Å²) in [5.41, 5.74) is 5.01. The Morgan fingerprint density at radius 3 is 2.39 bits per heavy atom. The Kier molecular flexibility index (Phi) is 7.59. The maximum Gasteiger partial charge on any atom is 0.250 e. The van der Waals surface area contributed by atoms with Gasteiger partial charge in [0.15, 0.2) is 4.34 Å². The van der Waals surface area contributed by atoms with Crippen molar-refractivity contribution in [1.29, 1.82) is 0 Å². The Balaban J connectivity index is 1.56. The highest BCUT2D eigenvalue weighted by Gasteiger charge is 2.19. The number of aromatic nitrogens is 2. The Morgan fingerprint density at radius 1 is 1.03 bits per heavy atom. The zero-order chi connectivity index (χ0) is 22.4. The Morgan fingerprint density at radius 2 is 1.71 bits per heavy atom. The number of carbonyl (C=O) groups excluding carboxylic acids is 2. The summed E-state index contributed by atoms with van der Waals surface area (Å²) in [4.78, 5) is 24.7. The molecule has 0 fully saturated rings. The van der Waals surface area contributed by atoms with Crippen LogP contribution in [0.25, 0.3) is 6.08 Å². The van der Waals surface area contributed by atoms with Gasteiger partial charge in [0.05, 0.1) is 5.25 Å². The smallest absolute Gasteiger partial charge is 0.250 e. The topological polar surface area (TPSA) is 84.0 Å². The first-order valence-corrected chi connectivity index (χ1v) is 11.4. The molecule has 31 heavy (non-hydrogen) atoms. The van der Waals surface area contributed by atoms with Crippen molar-refractivity contribution in [3.8, 4) is 0 Å². The summed E-state index contributed by atoms with van der Waals surface area (Å²) in [5, 5.41) is 13.8. The molecule has 0 aliphatic rings. The average Bonchev–Trinajstić information content (AvgIpc) is 3.16. The van der Waals surface area contributed by atoms with Gasteiger partial charge in [-0.25, -0.2) is 0 Å². The minimum atomic E-state index is -0.366. The number of benzene rings is 2. The van der Waals surface area contributed by atoms with E-state index in [1.807, 2.05) is 70.2 Å². The molecule has 0 aliphatic carbocycles. The van der Waals surface area contributed by atoms with Crippen molar-refractivity contribution in [3.05, 3.63) is 70.8 Å². The molecule has 0 aliphatic heterocycles. The van der Waals surface area contributed by atoms with E-state index in [9.17, 15) is 9.59 Å². The van der Waals surface area contributed by atoms with Crippen molar-refractivity contribution in [3.63, 3.8) is 0 Å². The first-order valence-electron chi connectivity index (χ1n) is 9.75. The van der Waals surface area contributed by atoms with Crippen LogP contribution in [-0.2, 0) is 9.59 Å². The number of rotatable bonds is 7. The van der Waals surface area contributed by atoms with Gasteiger partial charge in [0.25, 0.3) is 0 Å². The first kappa shape index (κ1) is 22.7. The minimum absolute atomic E-state index is 0.105. The molecule has 1 atom stereocenters. The van der Waals surface area contributed by atoms with Crippen LogP contribution in [0.1, 0.15) is 29.2 Å². The predicted octanol–water partition coefficient (Wildman–Crippen LogP) is 5.23. The van der Waals surface area contributed by atoms with Gasteiger partial charge in [-0.05, 0) is 50.5 Å². The summed E-state index contributed by atoms with van der Waals surface area (Å²) in [6.45, 7) is 7.83. The first-order chi connectivity index (χ1) is 14.8.